The average Bonchev–Trinajstić information content (AvgIpc) is 2.62. The molecule has 2 saturated heterocycles. The van der Waals surface area contributed by atoms with E-state index in [1.807, 2.05) is 35.2 Å². The van der Waals surface area contributed by atoms with E-state index in [0.29, 0.717) is 13.2 Å². The zero-order valence-corrected chi connectivity index (χ0v) is 13.0. The maximum Gasteiger partial charge on any atom is 0.225 e. The predicted molar refractivity (Wildman–Crippen MR) is 84.2 cm³/mol. The normalized spacial score (nSPS) is 22.5. The summed E-state index contributed by atoms with van der Waals surface area (Å²) in [4.78, 5) is 14.5. The molecule has 120 valence electrons. The molecule has 0 spiro atoms. The molecule has 1 N–H and O–H groups in total. The van der Waals surface area contributed by atoms with Crippen LogP contribution in [0.5, 0.6) is 0 Å². The molecular weight excluding hydrogens is 278 g/mol. The summed E-state index contributed by atoms with van der Waals surface area (Å²) in [6.45, 7) is 2.95. The second kappa shape index (κ2) is 7.25. The molecule has 4 nitrogen and oxygen atoms in total. The molecule has 2 aliphatic heterocycles. The summed E-state index contributed by atoms with van der Waals surface area (Å²) < 4.78 is 5.33. The van der Waals surface area contributed by atoms with Gasteiger partial charge in [0, 0.05) is 32.2 Å². The largest absolute Gasteiger partial charge is 0.388 e. The first-order chi connectivity index (χ1) is 10.8. The van der Waals surface area contributed by atoms with Crippen molar-refractivity contribution in [2.24, 2.45) is 11.8 Å². The molecule has 0 bridgehead atoms. The molecule has 2 heterocycles. The predicted octanol–water partition coefficient (Wildman–Crippen LogP) is 2.39. The van der Waals surface area contributed by atoms with Crippen LogP contribution in [0, 0.1) is 11.8 Å². The third-order valence-electron chi connectivity index (χ3n) is 5.01. The monoisotopic (exact) mass is 303 g/mol. The Balaban J connectivity index is 1.52. The van der Waals surface area contributed by atoms with Gasteiger partial charge in [-0.3, -0.25) is 4.79 Å². The van der Waals surface area contributed by atoms with Crippen LogP contribution in [0.15, 0.2) is 30.3 Å². The molecule has 22 heavy (non-hydrogen) atoms. The first-order valence-corrected chi connectivity index (χ1v) is 8.35. The smallest absolute Gasteiger partial charge is 0.225 e. The van der Waals surface area contributed by atoms with Crippen molar-refractivity contribution in [3.63, 3.8) is 0 Å². The van der Waals surface area contributed by atoms with Crippen LogP contribution in [0.4, 0.5) is 0 Å². The minimum Gasteiger partial charge on any atom is -0.388 e. The molecule has 0 aliphatic carbocycles. The van der Waals surface area contributed by atoms with Crippen molar-refractivity contribution in [2.45, 2.75) is 31.8 Å². The van der Waals surface area contributed by atoms with E-state index in [1.54, 1.807) is 0 Å². The Hall–Kier alpha value is -1.39. The van der Waals surface area contributed by atoms with Gasteiger partial charge in [0.25, 0.3) is 0 Å². The number of ether oxygens (including phenoxy) is 1. The van der Waals surface area contributed by atoms with E-state index < -0.39 is 6.10 Å². The van der Waals surface area contributed by atoms with Gasteiger partial charge in [-0.15, -0.1) is 0 Å². The molecule has 0 saturated carbocycles. The molecule has 1 unspecified atom stereocenters. The van der Waals surface area contributed by atoms with E-state index in [2.05, 4.69) is 0 Å². The second-order valence-electron chi connectivity index (χ2n) is 6.40. The molecule has 1 amide bonds. The maximum absolute atomic E-state index is 12.5. The van der Waals surface area contributed by atoms with Gasteiger partial charge in [0.05, 0.1) is 6.10 Å². The number of aliphatic hydroxyl groups is 1. The van der Waals surface area contributed by atoms with E-state index >= 15 is 0 Å². The minimum absolute atomic E-state index is 0.143. The van der Waals surface area contributed by atoms with Crippen molar-refractivity contribution in [3.8, 4) is 0 Å². The van der Waals surface area contributed by atoms with Gasteiger partial charge < -0.3 is 14.7 Å². The number of nitrogens with zero attached hydrogens (tertiary/aromatic N) is 1. The summed E-state index contributed by atoms with van der Waals surface area (Å²) in [6, 6.07) is 9.84. The summed E-state index contributed by atoms with van der Waals surface area (Å²) in [5.41, 5.74) is 0.983. The lowest BCUT2D eigenvalue weighted by Crippen LogP contribution is -2.43. The van der Waals surface area contributed by atoms with Gasteiger partial charge in [-0.25, -0.2) is 0 Å². The number of hydrogen-bond donors (Lipinski definition) is 1. The van der Waals surface area contributed by atoms with E-state index in [-0.39, 0.29) is 17.7 Å². The average molecular weight is 303 g/mol. The van der Waals surface area contributed by atoms with Crippen molar-refractivity contribution in [2.75, 3.05) is 26.3 Å². The molecule has 1 aromatic carbocycles. The highest BCUT2D eigenvalue weighted by atomic mass is 16.5. The minimum atomic E-state index is -0.415. The molecule has 3 rings (SSSR count). The summed E-state index contributed by atoms with van der Waals surface area (Å²) >= 11 is 0. The standard InChI is InChI=1S/C18H25NO3/c20-17(14-4-2-1-3-5-14)15-6-10-19(11-7-15)18(21)16-8-12-22-13-9-16/h1-5,15-17,20H,6-13H2. The third-order valence-corrected chi connectivity index (χ3v) is 5.01. The highest BCUT2D eigenvalue weighted by Crippen LogP contribution is 2.31. The Kier molecular flexibility index (Phi) is 5.11. The van der Waals surface area contributed by atoms with E-state index in [4.69, 9.17) is 4.74 Å². The number of amides is 1. The topological polar surface area (TPSA) is 49.8 Å². The fourth-order valence-electron chi connectivity index (χ4n) is 3.56. The Morgan fingerprint density at radius 3 is 2.36 bits per heavy atom. The van der Waals surface area contributed by atoms with E-state index in [1.165, 1.54) is 0 Å². The Morgan fingerprint density at radius 2 is 1.73 bits per heavy atom. The Bertz CT molecular complexity index is 476. The maximum atomic E-state index is 12.5. The number of hydrogen-bond acceptors (Lipinski definition) is 3. The second-order valence-corrected chi connectivity index (χ2v) is 6.40. The highest BCUT2D eigenvalue weighted by molar-refractivity contribution is 5.79. The van der Waals surface area contributed by atoms with Crippen LogP contribution in [0.3, 0.4) is 0 Å². The van der Waals surface area contributed by atoms with Crippen molar-refractivity contribution in [1.82, 2.24) is 4.90 Å². The number of piperidine rings is 1. The van der Waals surface area contributed by atoms with Gasteiger partial charge >= 0.3 is 0 Å². The molecule has 0 aromatic heterocycles. The number of aliphatic hydroxyl groups excluding tert-OH is 1. The molecule has 0 radical (unpaired) electrons. The molecule has 1 atom stereocenters. The van der Waals surface area contributed by atoms with Gasteiger partial charge in [-0.2, -0.15) is 0 Å². The number of likely N-dealkylation sites (tertiary alicyclic amines) is 1. The quantitative estimate of drug-likeness (QED) is 0.933. The lowest BCUT2D eigenvalue weighted by atomic mass is 9.86. The van der Waals surface area contributed by atoms with Crippen molar-refractivity contribution in [3.05, 3.63) is 35.9 Å². The van der Waals surface area contributed by atoms with Crippen molar-refractivity contribution >= 4 is 5.91 Å². The third kappa shape index (κ3) is 3.50. The highest BCUT2D eigenvalue weighted by Gasteiger charge is 2.31. The number of rotatable bonds is 3. The fourth-order valence-corrected chi connectivity index (χ4v) is 3.56. The van der Waals surface area contributed by atoms with Gasteiger partial charge in [0.2, 0.25) is 5.91 Å². The first kappa shape index (κ1) is 15.5. The molecule has 2 aliphatic rings. The van der Waals surface area contributed by atoms with Crippen LogP contribution in [0.2, 0.25) is 0 Å². The summed E-state index contributed by atoms with van der Waals surface area (Å²) in [6.07, 6.45) is 3.05. The zero-order chi connectivity index (χ0) is 15.4. The molecule has 2 fully saturated rings. The van der Waals surface area contributed by atoms with Crippen LogP contribution in [0.25, 0.3) is 0 Å². The van der Waals surface area contributed by atoms with Crippen molar-refractivity contribution < 1.29 is 14.6 Å². The van der Waals surface area contributed by atoms with Crippen LogP contribution < -0.4 is 0 Å². The summed E-state index contributed by atoms with van der Waals surface area (Å²) in [7, 11) is 0. The van der Waals surface area contributed by atoms with Crippen LogP contribution in [-0.4, -0.2) is 42.2 Å². The fraction of sp³-hybridized carbons (Fsp3) is 0.611. The lowest BCUT2D eigenvalue weighted by Gasteiger charge is -2.36. The lowest BCUT2D eigenvalue weighted by molar-refractivity contribution is -0.140. The van der Waals surface area contributed by atoms with Gasteiger partial charge in [0.1, 0.15) is 0 Å². The molecule has 4 heteroatoms. The molecule has 1 aromatic rings. The SMILES string of the molecule is O=C(C1CCOCC1)N1CCC(C(O)c2ccccc2)CC1. The number of carbonyl (C=O) groups excluding carboxylic acids is 1. The van der Waals surface area contributed by atoms with E-state index in [9.17, 15) is 9.90 Å². The van der Waals surface area contributed by atoms with Gasteiger partial charge in [-0.05, 0) is 37.2 Å². The van der Waals surface area contributed by atoms with Crippen LogP contribution in [0.1, 0.15) is 37.4 Å². The Labute approximate surface area is 132 Å². The summed E-state index contributed by atoms with van der Waals surface area (Å²) in [5.74, 6) is 0.682. The van der Waals surface area contributed by atoms with Gasteiger partial charge in [-0.1, -0.05) is 30.3 Å². The van der Waals surface area contributed by atoms with Crippen LogP contribution >= 0.6 is 0 Å². The van der Waals surface area contributed by atoms with Gasteiger partial charge in [0.15, 0.2) is 0 Å². The van der Waals surface area contributed by atoms with E-state index in [0.717, 1.165) is 44.3 Å². The summed E-state index contributed by atoms with van der Waals surface area (Å²) in [5, 5.41) is 10.5. The first-order valence-electron chi connectivity index (χ1n) is 8.35. The zero-order valence-electron chi connectivity index (χ0n) is 13.0. The Morgan fingerprint density at radius 1 is 1.09 bits per heavy atom. The molecular formula is C18H25NO3. The van der Waals surface area contributed by atoms with Crippen LogP contribution in [-0.2, 0) is 9.53 Å². The number of carbonyl (C=O) groups is 1. The number of benzene rings is 1. The van der Waals surface area contributed by atoms with Crippen molar-refractivity contribution in [1.29, 1.82) is 0 Å².